The van der Waals surface area contributed by atoms with E-state index in [1.165, 1.54) is 6.26 Å². The van der Waals surface area contributed by atoms with Crippen LogP contribution in [0.5, 0.6) is 11.5 Å². The number of sulfone groups is 1. The molecule has 2 aromatic rings. The van der Waals surface area contributed by atoms with Gasteiger partial charge in [-0.15, -0.1) is 24.0 Å². The quantitative estimate of drug-likeness (QED) is 0.276. The van der Waals surface area contributed by atoms with E-state index in [0.717, 1.165) is 29.0 Å². The van der Waals surface area contributed by atoms with Crippen LogP contribution in [0.25, 0.3) is 0 Å². The fraction of sp³-hybridized carbons (Fsp3) is 0.409. The summed E-state index contributed by atoms with van der Waals surface area (Å²) in [5.41, 5.74) is 2.71. The van der Waals surface area contributed by atoms with Gasteiger partial charge in [-0.05, 0) is 55.7 Å². The van der Waals surface area contributed by atoms with Gasteiger partial charge in [0.25, 0.3) is 0 Å². The second-order valence-corrected chi connectivity index (χ2v) is 8.82. The van der Waals surface area contributed by atoms with Crippen molar-refractivity contribution in [2.24, 2.45) is 4.99 Å². The summed E-state index contributed by atoms with van der Waals surface area (Å²) in [6.45, 7) is 8.05. The highest BCUT2D eigenvalue weighted by Crippen LogP contribution is 2.28. The van der Waals surface area contributed by atoms with Crippen molar-refractivity contribution in [2.45, 2.75) is 38.8 Å². The second-order valence-electron chi connectivity index (χ2n) is 6.84. The summed E-state index contributed by atoms with van der Waals surface area (Å²) in [5.74, 6) is 2.09. The molecule has 0 aliphatic carbocycles. The van der Waals surface area contributed by atoms with E-state index in [1.807, 2.05) is 38.1 Å². The normalized spacial score (nSPS) is 11.5. The first kappa shape index (κ1) is 27.0. The van der Waals surface area contributed by atoms with E-state index in [-0.39, 0.29) is 24.0 Å². The van der Waals surface area contributed by atoms with Crippen molar-refractivity contribution >= 4 is 39.8 Å². The molecule has 9 heteroatoms. The van der Waals surface area contributed by atoms with Gasteiger partial charge in [0.05, 0.1) is 25.2 Å². The highest BCUT2D eigenvalue weighted by atomic mass is 127. The van der Waals surface area contributed by atoms with Crippen molar-refractivity contribution in [2.75, 3.05) is 26.5 Å². The molecular formula is C22H32IN3O4S. The number of benzene rings is 2. The van der Waals surface area contributed by atoms with Crippen LogP contribution >= 0.6 is 24.0 Å². The number of guanidine groups is 1. The first-order valence-electron chi connectivity index (χ1n) is 9.90. The molecule has 2 aromatic carbocycles. The monoisotopic (exact) mass is 561 g/mol. The average molecular weight is 561 g/mol. The predicted molar refractivity (Wildman–Crippen MR) is 136 cm³/mol. The topological polar surface area (TPSA) is 89.0 Å². The highest BCUT2D eigenvalue weighted by molar-refractivity contribution is 14.0. The average Bonchev–Trinajstić information content (AvgIpc) is 2.70. The van der Waals surface area contributed by atoms with Crippen molar-refractivity contribution in [3.63, 3.8) is 0 Å². The van der Waals surface area contributed by atoms with Gasteiger partial charge in [-0.25, -0.2) is 13.4 Å². The van der Waals surface area contributed by atoms with Crippen LogP contribution in [-0.2, 0) is 22.9 Å². The maximum Gasteiger partial charge on any atom is 0.191 e. The van der Waals surface area contributed by atoms with Crippen molar-refractivity contribution in [1.82, 2.24) is 10.6 Å². The minimum absolute atomic E-state index is 0. The van der Waals surface area contributed by atoms with Crippen LogP contribution in [0, 0.1) is 6.92 Å². The Morgan fingerprint density at radius 2 is 1.74 bits per heavy atom. The zero-order valence-corrected chi connectivity index (χ0v) is 21.8. The smallest absolute Gasteiger partial charge is 0.191 e. The summed E-state index contributed by atoms with van der Waals surface area (Å²) in [6.07, 6.45) is 1.22. The lowest BCUT2D eigenvalue weighted by atomic mass is 10.1. The zero-order chi connectivity index (χ0) is 22.1. The number of aliphatic imine (C=N–C) groups is 1. The minimum atomic E-state index is -3.22. The van der Waals surface area contributed by atoms with Gasteiger partial charge in [0.1, 0.15) is 0 Å². The summed E-state index contributed by atoms with van der Waals surface area (Å²) in [4.78, 5) is 4.96. The Morgan fingerprint density at radius 3 is 2.32 bits per heavy atom. The molecule has 0 saturated carbocycles. The number of methoxy groups -OCH3 is 1. The summed E-state index contributed by atoms with van der Waals surface area (Å²) in [5, 5.41) is 6.53. The standard InChI is InChI=1S/C22H31N3O4S.HI/c1-6-23-22(24-14-17-9-11-21(16(3)12-17)30(5,26)27)25-15-18-8-10-19(29-7-2)20(13-18)28-4;/h8-13H,6-7,14-15H2,1-5H3,(H2,23,24,25);1H. The summed E-state index contributed by atoms with van der Waals surface area (Å²) in [6, 6.07) is 11.1. The third-order valence-corrected chi connectivity index (χ3v) is 5.65. The van der Waals surface area contributed by atoms with Gasteiger partial charge in [0, 0.05) is 19.3 Å². The Morgan fingerprint density at radius 1 is 1.03 bits per heavy atom. The molecule has 0 radical (unpaired) electrons. The van der Waals surface area contributed by atoms with E-state index in [2.05, 4.69) is 15.6 Å². The molecule has 31 heavy (non-hydrogen) atoms. The minimum Gasteiger partial charge on any atom is -0.493 e. The van der Waals surface area contributed by atoms with E-state index in [0.29, 0.717) is 36.3 Å². The maximum atomic E-state index is 11.8. The van der Waals surface area contributed by atoms with Crippen LogP contribution in [0.1, 0.15) is 30.5 Å². The number of nitrogens with one attached hydrogen (secondary N) is 2. The lowest BCUT2D eigenvalue weighted by Gasteiger charge is -2.14. The summed E-state index contributed by atoms with van der Waals surface area (Å²) < 4.78 is 34.5. The van der Waals surface area contributed by atoms with Gasteiger partial charge in [-0.2, -0.15) is 0 Å². The lowest BCUT2D eigenvalue weighted by molar-refractivity contribution is 0.310. The summed E-state index contributed by atoms with van der Waals surface area (Å²) >= 11 is 0. The predicted octanol–water partition coefficient (Wildman–Crippen LogP) is 3.68. The molecule has 0 spiro atoms. The van der Waals surface area contributed by atoms with Crippen LogP contribution in [0.15, 0.2) is 46.3 Å². The molecule has 2 N–H and O–H groups in total. The highest BCUT2D eigenvalue weighted by Gasteiger charge is 2.11. The number of ether oxygens (including phenoxy) is 2. The Bertz CT molecular complexity index is 994. The molecule has 172 valence electrons. The molecule has 0 aliphatic heterocycles. The Kier molecular flexibility index (Phi) is 11.1. The Labute approximate surface area is 202 Å². The van der Waals surface area contributed by atoms with Crippen LogP contribution in [0.4, 0.5) is 0 Å². The van der Waals surface area contributed by atoms with Gasteiger partial charge >= 0.3 is 0 Å². The Hall–Kier alpha value is -2.01. The molecule has 0 saturated heterocycles. The summed E-state index contributed by atoms with van der Waals surface area (Å²) in [7, 11) is -1.60. The van der Waals surface area contributed by atoms with Crippen LogP contribution in [-0.4, -0.2) is 40.9 Å². The molecule has 0 amide bonds. The van der Waals surface area contributed by atoms with E-state index in [4.69, 9.17) is 9.47 Å². The van der Waals surface area contributed by atoms with Gasteiger partial charge in [0.2, 0.25) is 0 Å². The molecule has 0 fully saturated rings. The molecule has 0 bridgehead atoms. The molecule has 0 atom stereocenters. The first-order valence-corrected chi connectivity index (χ1v) is 11.8. The molecule has 0 aliphatic rings. The number of hydrogen-bond donors (Lipinski definition) is 2. The van der Waals surface area contributed by atoms with Crippen molar-refractivity contribution in [3.8, 4) is 11.5 Å². The SMILES string of the molecule is CCNC(=NCc1ccc(S(C)(=O)=O)c(C)c1)NCc1ccc(OCC)c(OC)c1.I. The first-order chi connectivity index (χ1) is 14.3. The Balaban J connectivity index is 0.00000480. The third kappa shape index (κ3) is 8.21. The van der Waals surface area contributed by atoms with Crippen LogP contribution in [0.2, 0.25) is 0 Å². The molecule has 0 aromatic heterocycles. The maximum absolute atomic E-state index is 11.8. The van der Waals surface area contributed by atoms with Gasteiger partial charge in [-0.1, -0.05) is 18.2 Å². The number of nitrogens with zero attached hydrogens (tertiary/aromatic N) is 1. The van der Waals surface area contributed by atoms with E-state index in [9.17, 15) is 8.42 Å². The van der Waals surface area contributed by atoms with Crippen molar-refractivity contribution in [3.05, 3.63) is 53.1 Å². The van der Waals surface area contributed by atoms with Crippen LogP contribution in [0.3, 0.4) is 0 Å². The second kappa shape index (κ2) is 12.7. The molecular weight excluding hydrogens is 529 g/mol. The number of hydrogen-bond acceptors (Lipinski definition) is 5. The van der Waals surface area contributed by atoms with Crippen LogP contribution < -0.4 is 20.1 Å². The van der Waals surface area contributed by atoms with Crippen molar-refractivity contribution < 1.29 is 17.9 Å². The van der Waals surface area contributed by atoms with E-state index >= 15 is 0 Å². The lowest BCUT2D eigenvalue weighted by Crippen LogP contribution is -2.36. The van der Waals surface area contributed by atoms with Gasteiger partial charge < -0.3 is 20.1 Å². The van der Waals surface area contributed by atoms with E-state index in [1.54, 1.807) is 26.2 Å². The number of halogens is 1. The van der Waals surface area contributed by atoms with Gasteiger partial charge in [-0.3, -0.25) is 0 Å². The fourth-order valence-electron chi connectivity index (χ4n) is 3.02. The van der Waals surface area contributed by atoms with Crippen molar-refractivity contribution in [1.29, 1.82) is 0 Å². The molecule has 0 unspecified atom stereocenters. The largest absolute Gasteiger partial charge is 0.493 e. The number of rotatable bonds is 9. The fourth-order valence-corrected chi connectivity index (χ4v) is 3.98. The van der Waals surface area contributed by atoms with E-state index < -0.39 is 9.84 Å². The van der Waals surface area contributed by atoms with Gasteiger partial charge in [0.15, 0.2) is 27.3 Å². The number of aryl methyl sites for hydroxylation is 1. The molecule has 0 heterocycles. The molecule has 7 nitrogen and oxygen atoms in total. The zero-order valence-electron chi connectivity index (χ0n) is 18.7. The third-order valence-electron chi connectivity index (χ3n) is 4.39. The molecule has 2 rings (SSSR count).